The number of aliphatic carboxylic acids is 1. The molecule has 0 saturated carbocycles. The maximum atomic E-state index is 10.2. The van der Waals surface area contributed by atoms with Gasteiger partial charge in [-0.3, -0.25) is 0 Å². The zero-order chi connectivity index (χ0) is 10.4. The molecule has 0 atom stereocenters. The summed E-state index contributed by atoms with van der Waals surface area (Å²) < 4.78 is 10.2. The summed E-state index contributed by atoms with van der Waals surface area (Å²) in [5.41, 5.74) is 0. The van der Waals surface area contributed by atoms with Gasteiger partial charge in [0.1, 0.15) is 11.5 Å². The van der Waals surface area contributed by atoms with Crippen LogP contribution >= 0.6 is 0 Å². The van der Waals surface area contributed by atoms with Crippen molar-refractivity contribution in [3.63, 3.8) is 0 Å². The van der Waals surface area contributed by atoms with Crippen LogP contribution in [0, 0.1) is 0 Å². The van der Waals surface area contributed by atoms with Crippen LogP contribution in [0.3, 0.4) is 0 Å². The van der Waals surface area contributed by atoms with Gasteiger partial charge in [-0.25, -0.2) is 4.79 Å². The van der Waals surface area contributed by atoms with E-state index in [0.29, 0.717) is 18.1 Å². The molecule has 0 spiro atoms. The normalized spacial score (nSPS) is 9.50. The minimum atomic E-state index is -0.994. The molecule has 0 aliphatic rings. The standard InChI is InChI=1S/C10H12O4/c1-2-13-8-4-3-5-9(6-8)14-7-10(11)12/h3-6H,2,7H2,1H3,(H,11,12). The first-order valence-electron chi connectivity index (χ1n) is 4.30. The summed E-state index contributed by atoms with van der Waals surface area (Å²) in [7, 11) is 0. The number of carboxylic acid groups (broad SMARTS) is 1. The van der Waals surface area contributed by atoms with Crippen LogP contribution in [0.15, 0.2) is 24.3 Å². The molecule has 0 aromatic heterocycles. The highest BCUT2D eigenvalue weighted by atomic mass is 16.5. The number of hydrogen-bond donors (Lipinski definition) is 1. The average Bonchev–Trinajstić information content (AvgIpc) is 2.16. The van der Waals surface area contributed by atoms with Crippen LogP contribution in [0.2, 0.25) is 0 Å². The molecular formula is C10H12O4. The molecule has 0 fully saturated rings. The monoisotopic (exact) mass is 196 g/mol. The molecule has 0 bridgehead atoms. The molecule has 0 saturated heterocycles. The minimum absolute atomic E-state index is 0.338. The van der Waals surface area contributed by atoms with Crippen molar-refractivity contribution in [2.45, 2.75) is 6.92 Å². The Morgan fingerprint density at radius 3 is 2.57 bits per heavy atom. The zero-order valence-electron chi connectivity index (χ0n) is 7.90. The van der Waals surface area contributed by atoms with Crippen LogP contribution in [0.4, 0.5) is 0 Å². The Balaban J connectivity index is 2.58. The van der Waals surface area contributed by atoms with Gasteiger partial charge in [0, 0.05) is 6.07 Å². The maximum Gasteiger partial charge on any atom is 0.341 e. The highest BCUT2D eigenvalue weighted by molar-refractivity contribution is 5.68. The highest BCUT2D eigenvalue weighted by Gasteiger charge is 2.00. The number of ether oxygens (including phenoxy) is 2. The van der Waals surface area contributed by atoms with Crippen molar-refractivity contribution in [2.75, 3.05) is 13.2 Å². The van der Waals surface area contributed by atoms with E-state index in [-0.39, 0.29) is 6.61 Å². The van der Waals surface area contributed by atoms with Gasteiger partial charge >= 0.3 is 5.97 Å². The quantitative estimate of drug-likeness (QED) is 0.776. The molecule has 0 unspecified atom stereocenters. The van der Waals surface area contributed by atoms with Crippen LogP contribution in [0.25, 0.3) is 0 Å². The van der Waals surface area contributed by atoms with Crippen molar-refractivity contribution in [3.05, 3.63) is 24.3 Å². The number of rotatable bonds is 5. The van der Waals surface area contributed by atoms with E-state index in [1.807, 2.05) is 6.92 Å². The summed E-state index contributed by atoms with van der Waals surface area (Å²) in [5, 5.41) is 8.39. The lowest BCUT2D eigenvalue weighted by Crippen LogP contribution is -2.09. The van der Waals surface area contributed by atoms with Gasteiger partial charge in [-0.05, 0) is 19.1 Å². The molecule has 1 aromatic rings. The van der Waals surface area contributed by atoms with Crippen molar-refractivity contribution >= 4 is 5.97 Å². The third-order valence-corrected chi connectivity index (χ3v) is 1.48. The van der Waals surface area contributed by atoms with Gasteiger partial charge in [-0.2, -0.15) is 0 Å². The van der Waals surface area contributed by atoms with Crippen LogP contribution < -0.4 is 9.47 Å². The van der Waals surface area contributed by atoms with Gasteiger partial charge in [0.05, 0.1) is 6.61 Å². The molecule has 0 radical (unpaired) electrons. The van der Waals surface area contributed by atoms with Crippen LogP contribution in [-0.4, -0.2) is 24.3 Å². The Kier molecular flexibility index (Phi) is 3.79. The van der Waals surface area contributed by atoms with Crippen molar-refractivity contribution in [1.29, 1.82) is 0 Å². The molecule has 0 heterocycles. The Morgan fingerprint density at radius 1 is 1.36 bits per heavy atom. The largest absolute Gasteiger partial charge is 0.494 e. The predicted molar refractivity (Wildman–Crippen MR) is 50.7 cm³/mol. The molecule has 1 rings (SSSR count). The van der Waals surface area contributed by atoms with Crippen LogP contribution in [0.1, 0.15) is 6.92 Å². The van der Waals surface area contributed by atoms with E-state index in [1.54, 1.807) is 24.3 Å². The fraction of sp³-hybridized carbons (Fsp3) is 0.300. The second-order valence-corrected chi connectivity index (χ2v) is 2.59. The Bertz CT molecular complexity index is 309. The molecular weight excluding hydrogens is 184 g/mol. The van der Waals surface area contributed by atoms with Crippen molar-refractivity contribution in [2.24, 2.45) is 0 Å². The van der Waals surface area contributed by atoms with Gasteiger partial charge in [0.15, 0.2) is 6.61 Å². The third kappa shape index (κ3) is 3.35. The molecule has 0 amide bonds. The summed E-state index contributed by atoms with van der Waals surface area (Å²) in [6.45, 7) is 2.11. The molecule has 1 N–H and O–H groups in total. The van der Waals surface area contributed by atoms with Crippen LogP contribution in [0.5, 0.6) is 11.5 Å². The Hall–Kier alpha value is -1.71. The molecule has 4 nitrogen and oxygen atoms in total. The maximum absolute atomic E-state index is 10.2. The smallest absolute Gasteiger partial charge is 0.341 e. The number of carbonyl (C=O) groups is 1. The first kappa shape index (κ1) is 10.4. The van der Waals surface area contributed by atoms with E-state index in [2.05, 4.69) is 0 Å². The Labute approximate surface area is 82.1 Å². The summed E-state index contributed by atoms with van der Waals surface area (Å²) in [6, 6.07) is 6.89. The Morgan fingerprint density at radius 2 is 2.00 bits per heavy atom. The summed E-state index contributed by atoms with van der Waals surface area (Å²) in [4.78, 5) is 10.2. The molecule has 0 aliphatic carbocycles. The van der Waals surface area contributed by atoms with E-state index in [9.17, 15) is 4.79 Å². The number of carboxylic acids is 1. The van der Waals surface area contributed by atoms with Crippen molar-refractivity contribution in [3.8, 4) is 11.5 Å². The third-order valence-electron chi connectivity index (χ3n) is 1.48. The number of hydrogen-bond acceptors (Lipinski definition) is 3. The fourth-order valence-corrected chi connectivity index (χ4v) is 0.966. The fourth-order valence-electron chi connectivity index (χ4n) is 0.966. The lowest BCUT2D eigenvalue weighted by atomic mass is 10.3. The van der Waals surface area contributed by atoms with Crippen LogP contribution in [-0.2, 0) is 4.79 Å². The highest BCUT2D eigenvalue weighted by Crippen LogP contribution is 2.18. The van der Waals surface area contributed by atoms with E-state index < -0.39 is 5.97 Å². The van der Waals surface area contributed by atoms with E-state index in [1.165, 1.54) is 0 Å². The first-order valence-corrected chi connectivity index (χ1v) is 4.30. The van der Waals surface area contributed by atoms with Crippen molar-refractivity contribution in [1.82, 2.24) is 0 Å². The predicted octanol–water partition coefficient (Wildman–Crippen LogP) is 1.55. The van der Waals surface area contributed by atoms with E-state index >= 15 is 0 Å². The SMILES string of the molecule is CCOc1cccc(OCC(=O)O)c1. The summed E-state index contributed by atoms with van der Waals surface area (Å²) in [5.74, 6) is 0.181. The molecule has 1 aromatic carbocycles. The van der Waals surface area contributed by atoms with Gasteiger partial charge in [-0.1, -0.05) is 6.07 Å². The second-order valence-electron chi connectivity index (χ2n) is 2.59. The molecule has 0 aliphatic heterocycles. The zero-order valence-corrected chi connectivity index (χ0v) is 7.90. The molecule has 4 heteroatoms. The average molecular weight is 196 g/mol. The summed E-state index contributed by atoms with van der Waals surface area (Å²) >= 11 is 0. The minimum Gasteiger partial charge on any atom is -0.494 e. The van der Waals surface area contributed by atoms with E-state index in [4.69, 9.17) is 14.6 Å². The number of benzene rings is 1. The van der Waals surface area contributed by atoms with Gasteiger partial charge in [-0.15, -0.1) is 0 Å². The van der Waals surface area contributed by atoms with Gasteiger partial charge < -0.3 is 14.6 Å². The molecule has 14 heavy (non-hydrogen) atoms. The lowest BCUT2D eigenvalue weighted by molar-refractivity contribution is -0.139. The summed E-state index contributed by atoms with van der Waals surface area (Å²) in [6.07, 6.45) is 0. The second kappa shape index (κ2) is 5.11. The first-order chi connectivity index (χ1) is 6.72. The van der Waals surface area contributed by atoms with Crippen molar-refractivity contribution < 1.29 is 19.4 Å². The lowest BCUT2D eigenvalue weighted by Gasteiger charge is -2.06. The molecule has 76 valence electrons. The topological polar surface area (TPSA) is 55.8 Å². The van der Waals surface area contributed by atoms with Gasteiger partial charge in [0.2, 0.25) is 0 Å². The van der Waals surface area contributed by atoms with Gasteiger partial charge in [0.25, 0.3) is 0 Å². The van der Waals surface area contributed by atoms with E-state index in [0.717, 1.165) is 0 Å².